The molecule has 7 nitrogen and oxygen atoms in total. The Morgan fingerprint density at radius 1 is 0.958 bits per heavy atom. The van der Waals surface area contributed by atoms with E-state index < -0.39 is 16.0 Å². The number of rotatable bonds is 4. The van der Waals surface area contributed by atoms with E-state index in [-0.39, 0.29) is 10.7 Å². The predicted molar refractivity (Wildman–Crippen MR) is 85.7 cm³/mol. The molecule has 1 heterocycles. The molecule has 0 spiro atoms. The lowest BCUT2D eigenvalue weighted by molar-refractivity contribution is 0.0652. The highest BCUT2D eigenvalue weighted by molar-refractivity contribution is 7.89. The van der Waals surface area contributed by atoms with Crippen molar-refractivity contribution in [3.8, 4) is 22.4 Å². The molecule has 0 atom stereocenters. The van der Waals surface area contributed by atoms with Gasteiger partial charge in [0.15, 0.2) is 0 Å². The standard InChI is InChI=1S/C16H12N2O5S/c17-24(21,22)13-7-5-11(6-8-13)10-1-3-12(4-2-10)14-9-15(16(19)20)23-18-14/h1-9H,(H,19,20)(H2,17,21,22). The van der Waals surface area contributed by atoms with Crippen molar-refractivity contribution in [3.63, 3.8) is 0 Å². The van der Waals surface area contributed by atoms with Gasteiger partial charge in [0.2, 0.25) is 15.8 Å². The van der Waals surface area contributed by atoms with Gasteiger partial charge in [-0.1, -0.05) is 41.6 Å². The molecular weight excluding hydrogens is 332 g/mol. The van der Waals surface area contributed by atoms with E-state index >= 15 is 0 Å². The third-order valence-electron chi connectivity index (χ3n) is 3.42. The summed E-state index contributed by atoms with van der Waals surface area (Å²) in [5.41, 5.74) is 2.81. The molecule has 0 aliphatic heterocycles. The first kappa shape index (κ1) is 15.9. The van der Waals surface area contributed by atoms with Crippen molar-refractivity contribution in [2.75, 3.05) is 0 Å². The Morgan fingerprint density at radius 2 is 1.46 bits per heavy atom. The largest absolute Gasteiger partial charge is 0.475 e. The Labute approximate surface area is 137 Å². The Morgan fingerprint density at radius 3 is 1.92 bits per heavy atom. The van der Waals surface area contributed by atoms with E-state index in [1.165, 1.54) is 18.2 Å². The van der Waals surface area contributed by atoms with Gasteiger partial charge in [0.1, 0.15) is 5.69 Å². The average molecular weight is 344 g/mol. The van der Waals surface area contributed by atoms with Crippen molar-refractivity contribution >= 4 is 16.0 Å². The van der Waals surface area contributed by atoms with Crippen LogP contribution in [0.2, 0.25) is 0 Å². The van der Waals surface area contributed by atoms with Gasteiger partial charge in [-0.2, -0.15) is 0 Å². The van der Waals surface area contributed by atoms with Gasteiger partial charge in [0.25, 0.3) is 0 Å². The molecule has 0 aliphatic carbocycles. The number of nitrogens with zero attached hydrogens (tertiary/aromatic N) is 1. The molecular formula is C16H12N2O5S. The summed E-state index contributed by atoms with van der Waals surface area (Å²) >= 11 is 0. The molecule has 0 radical (unpaired) electrons. The number of sulfonamides is 1. The van der Waals surface area contributed by atoms with Gasteiger partial charge in [-0.05, 0) is 23.3 Å². The molecule has 0 fully saturated rings. The summed E-state index contributed by atoms with van der Waals surface area (Å²) in [5, 5.41) is 17.6. The quantitative estimate of drug-likeness (QED) is 0.749. The van der Waals surface area contributed by atoms with Crippen LogP contribution >= 0.6 is 0 Å². The molecule has 0 saturated carbocycles. The van der Waals surface area contributed by atoms with Gasteiger partial charge in [-0.15, -0.1) is 0 Å². The third-order valence-corrected chi connectivity index (χ3v) is 4.35. The molecule has 0 saturated heterocycles. The number of aromatic carboxylic acids is 1. The third kappa shape index (κ3) is 3.19. The highest BCUT2D eigenvalue weighted by Gasteiger charge is 2.12. The summed E-state index contributed by atoms with van der Waals surface area (Å²) in [7, 11) is -3.72. The van der Waals surface area contributed by atoms with Crippen molar-refractivity contribution < 1.29 is 22.8 Å². The molecule has 0 unspecified atom stereocenters. The van der Waals surface area contributed by atoms with E-state index in [2.05, 4.69) is 5.16 Å². The van der Waals surface area contributed by atoms with Crippen LogP contribution in [0.15, 0.2) is 64.0 Å². The number of benzene rings is 2. The maximum absolute atomic E-state index is 11.3. The van der Waals surface area contributed by atoms with E-state index in [4.69, 9.17) is 14.8 Å². The first-order valence-electron chi connectivity index (χ1n) is 6.78. The Kier molecular flexibility index (Phi) is 3.92. The van der Waals surface area contributed by atoms with E-state index in [0.29, 0.717) is 11.3 Å². The number of carboxylic acid groups (broad SMARTS) is 1. The lowest BCUT2D eigenvalue weighted by Gasteiger charge is -2.04. The molecule has 0 bridgehead atoms. The second-order valence-electron chi connectivity index (χ2n) is 5.03. The molecule has 0 amide bonds. The minimum atomic E-state index is -3.72. The second-order valence-corrected chi connectivity index (χ2v) is 6.59. The van der Waals surface area contributed by atoms with E-state index in [1.54, 1.807) is 24.3 Å². The van der Waals surface area contributed by atoms with Gasteiger partial charge in [0, 0.05) is 11.6 Å². The lowest BCUT2D eigenvalue weighted by Crippen LogP contribution is -2.11. The fraction of sp³-hybridized carbons (Fsp3) is 0. The summed E-state index contributed by atoms with van der Waals surface area (Å²) < 4.78 is 27.2. The van der Waals surface area contributed by atoms with Crippen LogP contribution in [0.4, 0.5) is 0 Å². The zero-order chi connectivity index (χ0) is 17.3. The van der Waals surface area contributed by atoms with Crippen molar-refractivity contribution in [1.82, 2.24) is 5.16 Å². The normalized spacial score (nSPS) is 11.4. The highest BCUT2D eigenvalue weighted by Crippen LogP contribution is 2.25. The number of aromatic nitrogens is 1. The molecule has 3 aromatic rings. The Balaban J connectivity index is 1.87. The molecule has 1 aromatic heterocycles. The fourth-order valence-electron chi connectivity index (χ4n) is 2.18. The summed E-state index contributed by atoms with van der Waals surface area (Å²) in [5.74, 6) is -1.41. The van der Waals surface area contributed by atoms with Crippen LogP contribution in [-0.4, -0.2) is 24.7 Å². The van der Waals surface area contributed by atoms with Gasteiger partial charge >= 0.3 is 5.97 Å². The Bertz CT molecular complexity index is 990. The molecule has 2 aromatic carbocycles. The number of carbonyl (C=O) groups is 1. The summed E-state index contributed by atoms with van der Waals surface area (Å²) in [6.07, 6.45) is 0. The number of carboxylic acids is 1. The number of hydrogen-bond donors (Lipinski definition) is 2. The average Bonchev–Trinajstić information content (AvgIpc) is 3.05. The van der Waals surface area contributed by atoms with Gasteiger partial charge < -0.3 is 9.63 Å². The van der Waals surface area contributed by atoms with Crippen molar-refractivity contribution in [1.29, 1.82) is 0 Å². The maximum atomic E-state index is 11.3. The van der Waals surface area contributed by atoms with Crippen LogP contribution in [0.3, 0.4) is 0 Å². The number of primary sulfonamides is 1. The van der Waals surface area contributed by atoms with E-state index in [9.17, 15) is 13.2 Å². The molecule has 0 aliphatic rings. The first-order valence-corrected chi connectivity index (χ1v) is 8.33. The zero-order valence-electron chi connectivity index (χ0n) is 12.2. The first-order chi connectivity index (χ1) is 11.3. The number of hydrogen-bond acceptors (Lipinski definition) is 5. The Hall–Kier alpha value is -2.97. The smallest absolute Gasteiger partial charge is 0.374 e. The van der Waals surface area contributed by atoms with Crippen LogP contribution in [0, 0.1) is 0 Å². The molecule has 8 heteroatoms. The van der Waals surface area contributed by atoms with Crippen LogP contribution in [0.5, 0.6) is 0 Å². The van der Waals surface area contributed by atoms with Gasteiger partial charge in [-0.25, -0.2) is 18.4 Å². The lowest BCUT2D eigenvalue weighted by atomic mass is 10.0. The van der Waals surface area contributed by atoms with Crippen LogP contribution in [0.1, 0.15) is 10.6 Å². The van der Waals surface area contributed by atoms with Gasteiger partial charge in [-0.3, -0.25) is 0 Å². The van der Waals surface area contributed by atoms with E-state index in [0.717, 1.165) is 11.1 Å². The van der Waals surface area contributed by atoms with Crippen LogP contribution in [0.25, 0.3) is 22.4 Å². The predicted octanol–water partition coefficient (Wildman–Crippen LogP) is 2.35. The van der Waals surface area contributed by atoms with Gasteiger partial charge in [0.05, 0.1) is 4.90 Å². The maximum Gasteiger partial charge on any atom is 0.374 e. The highest BCUT2D eigenvalue weighted by atomic mass is 32.2. The second kappa shape index (κ2) is 5.91. The summed E-state index contributed by atoms with van der Waals surface area (Å²) in [6, 6.07) is 14.7. The SMILES string of the molecule is NS(=O)(=O)c1ccc(-c2ccc(-c3cc(C(=O)O)on3)cc2)cc1. The summed E-state index contributed by atoms with van der Waals surface area (Å²) in [4.78, 5) is 10.8. The van der Waals surface area contributed by atoms with E-state index in [1.807, 2.05) is 12.1 Å². The van der Waals surface area contributed by atoms with Crippen molar-refractivity contribution in [2.24, 2.45) is 5.14 Å². The van der Waals surface area contributed by atoms with Crippen molar-refractivity contribution in [3.05, 3.63) is 60.4 Å². The minimum absolute atomic E-state index is 0.0478. The van der Waals surface area contributed by atoms with Crippen molar-refractivity contribution in [2.45, 2.75) is 4.90 Å². The summed E-state index contributed by atoms with van der Waals surface area (Å²) in [6.45, 7) is 0. The molecule has 3 N–H and O–H groups in total. The topological polar surface area (TPSA) is 123 Å². The fourth-order valence-corrected chi connectivity index (χ4v) is 2.70. The zero-order valence-corrected chi connectivity index (χ0v) is 13.0. The number of nitrogens with two attached hydrogens (primary N) is 1. The van der Waals surface area contributed by atoms with Crippen LogP contribution < -0.4 is 5.14 Å². The molecule has 3 rings (SSSR count). The monoisotopic (exact) mass is 344 g/mol. The minimum Gasteiger partial charge on any atom is -0.475 e. The molecule has 122 valence electrons. The molecule has 24 heavy (non-hydrogen) atoms. The van der Waals surface area contributed by atoms with Crippen LogP contribution in [-0.2, 0) is 10.0 Å².